The van der Waals surface area contributed by atoms with Gasteiger partial charge in [-0.25, -0.2) is 0 Å². The monoisotopic (exact) mass is 382 g/mol. The first kappa shape index (κ1) is 21.5. The lowest BCUT2D eigenvalue weighted by Crippen LogP contribution is -2.48. The average molecular weight is 382 g/mol. The minimum Gasteiger partial charge on any atom is -0.435 e. The molecular weight excluding hydrogens is 350 g/mol. The number of alkyl halides is 2. The van der Waals surface area contributed by atoms with Crippen LogP contribution >= 0.6 is 0 Å². The molecule has 6 heteroatoms. The van der Waals surface area contributed by atoms with Crippen molar-refractivity contribution in [2.75, 3.05) is 10.2 Å². The second-order valence-corrected chi connectivity index (χ2v) is 9.43. The number of nitrogens with one attached hydrogen (secondary N) is 1. The highest BCUT2D eigenvalue weighted by Crippen LogP contribution is 2.42. The van der Waals surface area contributed by atoms with E-state index >= 15 is 0 Å². The molecule has 1 heterocycles. The van der Waals surface area contributed by atoms with E-state index in [9.17, 15) is 13.6 Å². The quantitative estimate of drug-likeness (QED) is 0.645. The number of ether oxygens (including phenoxy) is 1. The van der Waals surface area contributed by atoms with Crippen LogP contribution in [-0.4, -0.2) is 24.1 Å². The van der Waals surface area contributed by atoms with E-state index in [2.05, 4.69) is 56.5 Å². The van der Waals surface area contributed by atoms with Crippen LogP contribution in [-0.2, 0) is 4.79 Å². The average Bonchev–Trinajstić information content (AvgIpc) is 2.82. The highest BCUT2D eigenvalue weighted by atomic mass is 19.3. The standard InChI is InChI=1S/C21H32F2N2O2/c1-20(2,3)13-14(26)8-7-9-18-24-16-11-10-15(27-19(22)23)12-17(16)25(18)21(4,5)6/h10-12,18-19,24H,7-9,13H2,1-6H3. The van der Waals surface area contributed by atoms with Crippen molar-refractivity contribution in [3.05, 3.63) is 18.2 Å². The Hall–Kier alpha value is -1.85. The van der Waals surface area contributed by atoms with Crippen molar-refractivity contribution in [2.45, 2.75) is 85.5 Å². The number of ketones is 1. The molecule has 1 aliphatic rings. The van der Waals surface area contributed by atoms with Gasteiger partial charge in [0.2, 0.25) is 0 Å². The van der Waals surface area contributed by atoms with Gasteiger partial charge in [0.05, 0.1) is 17.5 Å². The summed E-state index contributed by atoms with van der Waals surface area (Å²) in [6, 6.07) is 4.98. The Labute approximate surface area is 161 Å². The van der Waals surface area contributed by atoms with Crippen LogP contribution in [0.3, 0.4) is 0 Å². The van der Waals surface area contributed by atoms with Crippen molar-refractivity contribution < 1.29 is 18.3 Å². The molecule has 0 saturated heterocycles. The van der Waals surface area contributed by atoms with E-state index in [0.717, 1.165) is 24.2 Å². The number of carbonyl (C=O) groups excluding carboxylic acids is 1. The Morgan fingerprint density at radius 3 is 2.44 bits per heavy atom. The molecule has 152 valence electrons. The van der Waals surface area contributed by atoms with Gasteiger partial charge in [0.25, 0.3) is 0 Å². The number of benzene rings is 1. The van der Waals surface area contributed by atoms with E-state index in [4.69, 9.17) is 0 Å². The predicted octanol–water partition coefficient (Wildman–Crippen LogP) is 5.82. The molecule has 1 aromatic carbocycles. The first-order valence-electron chi connectivity index (χ1n) is 9.53. The third kappa shape index (κ3) is 6.08. The second-order valence-electron chi connectivity index (χ2n) is 9.43. The van der Waals surface area contributed by atoms with Crippen molar-refractivity contribution >= 4 is 17.2 Å². The molecule has 1 N–H and O–H groups in total. The van der Waals surface area contributed by atoms with Gasteiger partial charge in [0.15, 0.2) is 0 Å². The number of hydrogen-bond acceptors (Lipinski definition) is 4. The predicted molar refractivity (Wildman–Crippen MR) is 106 cm³/mol. The lowest BCUT2D eigenvalue weighted by Gasteiger charge is -2.39. The van der Waals surface area contributed by atoms with Gasteiger partial charge in [-0.1, -0.05) is 20.8 Å². The Morgan fingerprint density at radius 2 is 1.89 bits per heavy atom. The van der Waals surface area contributed by atoms with E-state index < -0.39 is 6.61 Å². The number of rotatable bonds is 7. The molecule has 0 aromatic heterocycles. The van der Waals surface area contributed by atoms with Gasteiger partial charge >= 0.3 is 6.61 Å². The van der Waals surface area contributed by atoms with Gasteiger partial charge in [-0.2, -0.15) is 8.78 Å². The zero-order chi connectivity index (χ0) is 20.4. The number of Topliss-reactive ketones (excluding diaryl/α,β-unsaturated/α-hetero) is 1. The highest BCUT2D eigenvalue weighted by molar-refractivity contribution is 5.79. The first-order chi connectivity index (χ1) is 12.4. The summed E-state index contributed by atoms with van der Waals surface area (Å²) in [5.41, 5.74) is 1.56. The summed E-state index contributed by atoms with van der Waals surface area (Å²) in [6.07, 6.45) is 2.75. The minimum absolute atomic E-state index is 0.0114. The fourth-order valence-electron chi connectivity index (χ4n) is 3.62. The third-order valence-corrected chi connectivity index (χ3v) is 4.47. The Balaban J connectivity index is 2.08. The SMILES string of the molecule is CC(C)(C)CC(=O)CCCC1Nc2ccc(OC(F)F)cc2N1C(C)(C)C. The van der Waals surface area contributed by atoms with Gasteiger partial charge in [0, 0.05) is 24.4 Å². The van der Waals surface area contributed by atoms with Crippen molar-refractivity contribution in [2.24, 2.45) is 5.41 Å². The van der Waals surface area contributed by atoms with Crippen LogP contribution in [0.2, 0.25) is 0 Å². The summed E-state index contributed by atoms with van der Waals surface area (Å²) in [6.45, 7) is 9.62. The number of anilines is 2. The van der Waals surface area contributed by atoms with E-state index in [-0.39, 0.29) is 28.7 Å². The van der Waals surface area contributed by atoms with Crippen molar-refractivity contribution in [1.29, 1.82) is 0 Å². The van der Waals surface area contributed by atoms with E-state index in [1.54, 1.807) is 18.2 Å². The van der Waals surface area contributed by atoms with E-state index in [1.807, 2.05) is 0 Å². The number of nitrogens with zero attached hydrogens (tertiary/aromatic N) is 1. The molecule has 0 fully saturated rings. The number of carbonyl (C=O) groups is 1. The molecule has 4 nitrogen and oxygen atoms in total. The summed E-state index contributed by atoms with van der Waals surface area (Å²) in [5, 5.41) is 3.47. The molecule has 1 aliphatic heterocycles. The summed E-state index contributed by atoms with van der Waals surface area (Å²) in [7, 11) is 0. The van der Waals surface area contributed by atoms with Crippen LogP contribution in [0.25, 0.3) is 0 Å². The van der Waals surface area contributed by atoms with Gasteiger partial charge in [-0.15, -0.1) is 0 Å². The molecule has 1 unspecified atom stereocenters. The van der Waals surface area contributed by atoms with Crippen LogP contribution in [0.15, 0.2) is 18.2 Å². The maximum absolute atomic E-state index is 12.6. The minimum atomic E-state index is -2.84. The lowest BCUT2D eigenvalue weighted by atomic mass is 9.88. The largest absolute Gasteiger partial charge is 0.435 e. The number of hydrogen-bond donors (Lipinski definition) is 1. The molecule has 0 spiro atoms. The number of fused-ring (bicyclic) bond motifs is 1. The molecule has 27 heavy (non-hydrogen) atoms. The molecule has 1 aromatic rings. The maximum Gasteiger partial charge on any atom is 0.387 e. The Morgan fingerprint density at radius 1 is 1.22 bits per heavy atom. The smallest absolute Gasteiger partial charge is 0.387 e. The summed E-state index contributed by atoms with van der Waals surface area (Å²) in [5.74, 6) is 0.439. The van der Waals surface area contributed by atoms with Crippen LogP contribution in [0.5, 0.6) is 5.75 Å². The summed E-state index contributed by atoms with van der Waals surface area (Å²) in [4.78, 5) is 14.3. The summed E-state index contributed by atoms with van der Waals surface area (Å²) >= 11 is 0. The van der Waals surface area contributed by atoms with Gasteiger partial charge in [-0.05, 0) is 51.2 Å². The van der Waals surface area contributed by atoms with Crippen molar-refractivity contribution in [3.63, 3.8) is 0 Å². The maximum atomic E-state index is 12.6. The lowest BCUT2D eigenvalue weighted by molar-refractivity contribution is -0.120. The highest BCUT2D eigenvalue weighted by Gasteiger charge is 2.36. The van der Waals surface area contributed by atoms with Gasteiger partial charge in [-0.3, -0.25) is 4.79 Å². The second kappa shape index (κ2) is 8.03. The molecular formula is C21H32F2N2O2. The van der Waals surface area contributed by atoms with Gasteiger partial charge < -0.3 is 15.0 Å². The summed E-state index contributed by atoms with van der Waals surface area (Å²) < 4.78 is 29.7. The van der Waals surface area contributed by atoms with Gasteiger partial charge in [0.1, 0.15) is 11.5 Å². The molecule has 0 bridgehead atoms. The fraction of sp³-hybridized carbons (Fsp3) is 0.667. The Bertz CT molecular complexity index is 663. The van der Waals surface area contributed by atoms with Crippen LogP contribution < -0.4 is 15.0 Å². The van der Waals surface area contributed by atoms with Crippen molar-refractivity contribution in [3.8, 4) is 5.75 Å². The van der Waals surface area contributed by atoms with Crippen molar-refractivity contribution in [1.82, 2.24) is 0 Å². The molecule has 2 rings (SSSR count). The van der Waals surface area contributed by atoms with Crippen LogP contribution in [0.1, 0.15) is 67.2 Å². The molecule has 0 radical (unpaired) electrons. The topological polar surface area (TPSA) is 41.6 Å². The molecule has 1 atom stereocenters. The third-order valence-electron chi connectivity index (χ3n) is 4.47. The zero-order valence-corrected chi connectivity index (χ0v) is 17.2. The first-order valence-corrected chi connectivity index (χ1v) is 9.53. The molecule has 0 aliphatic carbocycles. The van der Waals surface area contributed by atoms with E-state index in [0.29, 0.717) is 12.8 Å². The normalized spacial score (nSPS) is 17.1. The Kier molecular flexibility index (Phi) is 6.38. The van der Waals surface area contributed by atoms with E-state index in [1.165, 1.54) is 0 Å². The molecule has 0 amide bonds. The fourth-order valence-corrected chi connectivity index (χ4v) is 3.62. The molecule has 0 saturated carbocycles. The van der Waals surface area contributed by atoms with Crippen LogP contribution in [0.4, 0.5) is 20.2 Å². The van der Waals surface area contributed by atoms with Crippen LogP contribution in [0, 0.1) is 5.41 Å². The number of halogens is 2. The zero-order valence-electron chi connectivity index (χ0n) is 17.2.